The van der Waals surface area contributed by atoms with Gasteiger partial charge in [0.2, 0.25) is 0 Å². The Kier molecular flexibility index (Phi) is 4.74. The van der Waals surface area contributed by atoms with E-state index in [4.69, 9.17) is 5.73 Å². The van der Waals surface area contributed by atoms with Gasteiger partial charge in [-0.25, -0.2) is 4.39 Å². The number of nitrogens with two attached hydrogens (primary N) is 1. The molecule has 0 bridgehead atoms. The molecule has 0 fully saturated rings. The van der Waals surface area contributed by atoms with E-state index in [0.29, 0.717) is 11.5 Å². The van der Waals surface area contributed by atoms with Crippen molar-refractivity contribution >= 4 is 15.9 Å². The van der Waals surface area contributed by atoms with Gasteiger partial charge in [-0.2, -0.15) is 0 Å². The summed E-state index contributed by atoms with van der Waals surface area (Å²) in [6.45, 7) is 4.25. The van der Waals surface area contributed by atoms with Crippen LogP contribution in [0.2, 0.25) is 0 Å². The molecule has 0 aromatic heterocycles. The Morgan fingerprint density at radius 1 is 1.47 bits per heavy atom. The second kappa shape index (κ2) is 5.61. The molecule has 1 nitrogen and oxygen atoms in total. The fourth-order valence-electron chi connectivity index (χ4n) is 1.58. The maximum Gasteiger partial charge on any atom is 0.129 e. The van der Waals surface area contributed by atoms with Crippen molar-refractivity contribution in [3.8, 4) is 0 Å². The van der Waals surface area contributed by atoms with E-state index in [1.807, 2.05) is 6.07 Å². The second-order valence-electron chi connectivity index (χ2n) is 3.99. The van der Waals surface area contributed by atoms with E-state index in [0.717, 1.165) is 17.3 Å². The summed E-state index contributed by atoms with van der Waals surface area (Å²) in [7, 11) is 0. The van der Waals surface area contributed by atoms with Crippen molar-refractivity contribution in [1.82, 2.24) is 0 Å². The van der Waals surface area contributed by atoms with Crippen molar-refractivity contribution in [3.05, 3.63) is 34.1 Å². The minimum Gasteiger partial charge on any atom is -0.324 e. The lowest BCUT2D eigenvalue weighted by atomic mass is 9.95. The predicted molar refractivity (Wildman–Crippen MR) is 65.1 cm³/mol. The molecule has 0 aliphatic heterocycles. The highest BCUT2D eigenvalue weighted by Gasteiger charge is 2.16. The maximum absolute atomic E-state index is 13.5. The van der Waals surface area contributed by atoms with E-state index in [1.54, 1.807) is 6.07 Å². The van der Waals surface area contributed by atoms with Gasteiger partial charge in [0.1, 0.15) is 5.82 Å². The van der Waals surface area contributed by atoms with Crippen LogP contribution in [0.15, 0.2) is 22.7 Å². The van der Waals surface area contributed by atoms with Crippen LogP contribution in [0.5, 0.6) is 0 Å². The van der Waals surface area contributed by atoms with Crippen LogP contribution in [0.4, 0.5) is 4.39 Å². The Morgan fingerprint density at radius 3 is 2.67 bits per heavy atom. The van der Waals surface area contributed by atoms with Crippen LogP contribution in [0, 0.1) is 11.7 Å². The third kappa shape index (κ3) is 3.28. The number of benzene rings is 1. The molecule has 1 rings (SSSR count). The average Bonchev–Trinajstić information content (AvgIpc) is 2.17. The quantitative estimate of drug-likeness (QED) is 0.881. The normalized spacial score (nSPS) is 15.0. The minimum absolute atomic E-state index is 0.222. The van der Waals surface area contributed by atoms with Gasteiger partial charge < -0.3 is 5.73 Å². The van der Waals surface area contributed by atoms with Crippen LogP contribution < -0.4 is 5.73 Å². The fraction of sp³-hybridized carbons (Fsp3) is 0.500. The van der Waals surface area contributed by atoms with Crippen LogP contribution in [-0.2, 0) is 0 Å². The van der Waals surface area contributed by atoms with Gasteiger partial charge in [0, 0.05) is 16.1 Å². The molecule has 0 heterocycles. The first-order valence-corrected chi connectivity index (χ1v) is 6.05. The van der Waals surface area contributed by atoms with Gasteiger partial charge >= 0.3 is 0 Å². The number of rotatable bonds is 4. The van der Waals surface area contributed by atoms with Gasteiger partial charge in [0.05, 0.1) is 0 Å². The summed E-state index contributed by atoms with van der Waals surface area (Å²) >= 11 is 3.34. The molecule has 0 amide bonds. The summed E-state index contributed by atoms with van der Waals surface area (Å²) in [4.78, 5) is 0. The van der Waals surface area contributed by atoms with Gasteiger partial charge in [-0.15, -0.1) is 0 Å². The van der Waals surface area contributed by atoms with E-state index < -0.39 is 0 Å². The molecule has 1 aromatic carbocycles. The summed E-state index contributed by atoms with van der Waals surface area (Å²) in [5, 5.41) is 0. The van der Waals surface area contributed by atoms with Crippen molar-refractivity contribution in [1.29, 1.82) is 0 Å². The van der Waals surface area contributed by atoms with Crippen LogP contribution in [0.1, 0.15) is 38.3 Å². The Morgan fingerprint density at radius 2 is 2.13 bits per heavy atom. The molecule has 3 heteroatoms. The Bertz CT molecular complexity index is 307. The zero-order chi connectivity index (χ0) is 11.4. The van der Waals surface area contributed by atoms with Crippen LogP contribution in [0.3, 0.4) is 0 Å². The standard InChI is InChI=1S/C12H17BrFN/c1-3-8(2)7-11(15)12-9(13)5-4-6-10(12)14/h4-6,8,11H,3,7,15H2,1-2H3. The van der Waals surface area contributed by atoms with Crippen LogP contribution in [-0.4, -0.2) is 0 Å². The van der Waals surface area contributed by atoms with E-state index in [-0.39, 0.29) is 11.9 Å². The Balaban J connectivity index is 2.86. The molecule has 2 atom stereocenters. The van der Waals surface area contributed by atoms with Crippen molar-refractivity contribution in [2.24, 2.45) is 11.7 Å². The number of halogens is 2. The molecule has 2 N–H and O–H groups in total. The zero-order valence-corrected chi connectivity index (χ0v) is 10.7. The lowest BCUT2D eigenvalue weighted by molar-refractivity contribution is 0.448. The fourth-order valence-corrected chi connectivity index (χ4v) is 2.22. The number of hydrogen-bond acceptors (Lipinski definition) is 1. The molecule has 1 aromatic rings. The van der Waals surface area contributed by atoms with Crippen LogP contribution in [0.25, 0.3) is 0 Å². The summed E-state index contributed by atoms with van der Waals surface area (Å²) in [6.07, 6.45) is 1.88. The summed E-state index contributed by atoms with van der Waals surface area (Å²) in [6, 6.07) is 4.74. The molecule has 15 heavy (non-hydrogen) atoms. The molecule has 0 radical (unpaired) electrons. The Hall–Kier alpha value is -0.410. The molecule has 0 saturated carbocycles. The third-order valence-corrected chi connectivity index (χ3v) is 3.42. The first kappa shape index (κ1) is 12.7. The summed E-state index contributed by atoms with van der Waals surface area (Å²) in [5.74, 6) is 0.298. The van der Waals surface area contributed by atoms with Gasteiger partial charge in [0.15, 0.2) is 0 Å². The highest BCUT2D eigenvalue weighted by atomic mass is 79.9. The summed E-state index contributed by atoms with van der Waals surface area (Å²) < 4.78 is 14.3. The van der Waals surface area contributed by atoms with Crippen molar-refractivity contribution in [2.45, 2.75) is 32.7 Å². The first-order chi connectivity index (χ1) is 7.06. The smallest absolute Gasteiger partial charge is 0.129 e. The lowest BCUT2D eigenvalue weighted by Crippen LogP contribution is -2.16. The maximum atomic E-state index is 13.5. The molecule has 0 saturated heterocycles. The van der Waals surface area contributed by atoms with Gasteiger partial charge in [-0.3, -0.25) is 0 Å². The van der Waals surface area contributed by atoms with E-state index >= 15 is 0 Å². The van der Waals surface area contributed by atoms with Gasteiger partial charge in [-0.05, 0) is 24.5 Å². The third-order valence-electron chi connectivity index (χ3n) is 2.72. The van der Waals surface area contributed by atoms with Gasteiger partial charge in [-0.1, -0.05) is 42.3 Å². The molecule has 0 aliphatic rings. The molecular weight excluding hydrogens is 257 g/mol. The summed E-state index contributed by atoms with van der Waals surface area (Å²) in [5.41, 5.74) is 6.60. The largest absolute Gasteiger partial charge is 0.324 e. The second-order valence-corrected chi connectivity index (χ2v) is 4.85. The van der Waals surface area contributed by atoms with Crippen molar-refractivity contribution in [3.63, 3.8) is 0 Å². The van der Waals surface area contributed by atoms with Gasteiger partial charge in [0.25, 0.3) is 0 Å². The van der Waals surface area contributed by atoms with Crippen LogP contribution >= 0.6 is 15.9 Å². The topological polar surface area (TPSA) is 26.0 Å². The predicted octanol–water partition coefficient (Wildman–Crippen LogP) is 4.02. The monoisotopic (exact) mass is 273 g/mol. The highest BCUT2D eigenvalue weighted by molar-refractivity contribution is 9.10. The highest BCUT2D eigenvalue weighted by Crippen LogP contribution is 2.29. The van der Waals surface area contributed by atoms with Crippen molar-refractivity contribution in [2.75, 3.05) is 0 Å². The molecule has 2 unspecified atom stereocenters. The first-order valence-electron chi connectivity index (χ1n) is 5.25. The van der Waals surface area contributed by atoms with E-state index in [9.17, 15) is 4.39 Å². The molecule has 84 valence electrons. The minimum atomic E-state index is -0.226. The lowest BCUT2D eigenvalue weighted by Gasteiger charge is -2.18. The molecule has 0 aliphatic carbocycles. The average molecular weight is 274 g/mol. The zero-order valence-electron chi connectivity index (χ0n) is 9.13. The van der Waals surface area contributed by atoms with Crippen molar-refractivity contribution < 1.29 is 4.39 Å². The SMILES string of the molecule is CCC(C)CC(N)c1c(F)cccc1Br. The molecular formula is C12H17BrFN. The number of hydrogen-bond donors (Lipinski definition) is 1. The Labute approximate surface area is 99.0 Å². The van der Waals surface area contributed by atoms with E-state index in [1.165, 1.54) is 6.07 Å². The molecule has 0 spiro atoms. The van der Waals surface area contributed by atoms with E-state index in [2.05, 4.69) is 29.8 Å².